The molecule has 7 heteroatoms. The first-order valence-corrected chi connectivity index (χ1v) is 6.21. The average molecular weight is 329 g/mol. The van der Waals surface area contributed by atoms with Gasteiger partial charge in [-0.05, 0) is 35.3 Å². The van der Waals surface area contributed by atoms with Crippen molar-refractivity contribution in [1.29, 1.82) is 0 Å². The van der Waals surface area contributed by atoms with Gasteiger partial charge in [-0.25, -0.2) is 4.79 Å². The van der Waals surface area contributed by atoms with E-state index < -0.39 is 16.9 Å². The first-order chi connectivity index (χ1) is 8.86. The van der Waals surface area contributed by atoms with E-state index in [0.717, 1.165) is 0 Å². The molecule has 0 aliphatic carbocycles. The molecule has 102 valence electrons. The van der Waals surface area contributed by atoms with Crippen LogP contribution in [0.15, 0.2) is 29.3 Å². The van der Waals surface area contributed by atoms with Crippen LogP contribution in [0, 0.1) is 17.0 Å². The van der Waals surface area contributed by atoms with Crippen LogP contribution in [-0.4, -0.2) is 22.0 Å². The summed E-state index contributed by atoms with van der Waals surface area (Å²) in [7, 11) is 0. The van der Waals surface area contributed by atoms with Crippen LogP contribution in [0.25, 0.3) is 0 Å². The third-order valence-electron chi connectivity index (χ3n) is 2.51. The number of benzene rings is 1. The molecular weight excluding hydrogens is 316 g/mol. The number of carbonyl (C=O) groups is 1. The summed E-state index contributed by atoms with van der Waals surface area (Å²) in [6, 6.07) is 2.07. The summed E-state index contributed by atoms with van der Waals surface area (Å²) >= 11 is 3.19. The predicted octanol–water partition coefficient (Wildman–Crippen LogP) is 3.11. The zero-order valence-electron chi connectivity index (χ0n) is 10.2. The highest BCUT2D eigenvalue weighted by atomic mass is 79.9. The highest BCUT2D eigenvalue weighted by Gasteiger charge is 2.19. The summed E-state index contributed by atoms with van der Waals surface area (Å²) in [6.07, 6.45) is 1.75. The Balaban J connectivity index is 3.08. The number of nitro benzene ring substituents is 1. The Kier molecular flexibility index (Phi) is 5.05. The largest absolute Gasteiger partial charge is 0.480 e. The highest BCUT2D eigenvalue weighted by Crippen LogP contribution is 2.31. The molecule has 0 aliphatic rings. The molecule has 1 aromatic rings. The minimum Gasteiger partial charge on any atom is -0.480 e. The lowest BCUT2D eigenvalue weighted by Gasteiger charge is -2.15. The number of nitrogens with one attached hydrogen (secondary N) is 1. The monoisotopic (exact) mass is 328 g/mol. The van der Waals surface area contributed by atoms with Gasteiger partial charge in [-0.15, -0.1) is 6.58 Å². The van der Waals surface area contributed by atoms with Crippen molar-refractivity contribution in [2.24, 2.45) is 0 Å². The molecule has 0 saturated carbocycles. The van der Waals surface area contributed by atoms with Crippen LogP contribution in [-0.2, 0) is 4.79 Å². The van der Waals surface area contributed by atoms with Gasteiger partial charge in [0.25, 0.3) is 5.69 Å². The fraction of sp³-hybridized carbons (Fsp3) is 0.250. The van der Waals surface area contributed by atoms with Gasteiger partial charge in [-0.1, -0.05) is 6.08 Å². The average Bonchev–Trinajstić information content (AvgIpc) is 2.32. The minimum atomic E-state index is -1.01. The van der Waals surface area contributed by atoms with Crippen LogP contribution in [0.3, 0.4) is 0 Å². The molecule has 1 aromatic carbocycles. The van der Waals surface area contributed by atoms with Gasteiger partial charge in [-0.2, -0.15) is 0 Å². The van der Waals surface area contributed by atoms with Crippen LogP contribution in [0.5, 0.6) is 0 Å². The van der Waals surface area contributed by atoms with Gasteiger partial charge in [0.05, 0.1) is 4.92 Å². The molecule has 0 spiro atoms. The number of halogens is 1. The number of anilines is 1. The number of hydrogen-bond donors (Lipinski definition) is 2. The van der Waals surface area contributed by atoms with E-state index in [2.05, 4.69) is 27.8 Å². The van der Waals surface area contributed by atoms with Crippen LogP contribution >= 0.6 is 15.9 Å². The molecule has 0 fully saturated rings. The second-order valence-electron chi connectivity index (χ2n) is 3.94. The van der Waals surface area contributed by atoms with E-state index in [9.17, 15) is 14.9 Å². The molecular formula is C12H13BrN2O4. The van der Waals surface area contributed by atoms with Gasteiger partial charge >= 0.3 is 5.97 Å². The predicted molar refractivity (Wildman–Crippen MR) is 75.4 cm³/mol. The SMILES string of the molecule is C=CCC(Nc1cc(C)c([N+](=O)[O-])cc1Br)C(=O)O. The molecule has 1 unspecified atom stereocenters. The lowest BCUT2D eigenvalue weighted by Crippen LogP contribution is -2.28. The summed E-state index contributed by atoms with van der Waals surface area (Å²) in [6.45, 7) is 5.09. The lowest BCUT2D eigenvalue weighted by atomic mass is 10.1. The van der Waals surface area contributed by atoms with E-state index in [0.29, 0.717) is 15.7 Å². The molecule has 1 atom stereocenters. The lowest BCUT2D eigenvalue weighted by molar-refractivity contribution is -0.385. The highest BCUT2D eigenvalue weighted by molar-refractivity contribution is 9.10. The molecule has 0 aromatic heterocycles. The van der Waals surface area contributed by atoms with Crippen LogP contribution in [0.2, 0.25) is 0 Å². The van der Waals surface area contributed by atoms with E-state index in [4.69, 9.17) is 5.11 Å². The van der Waals surface area contributed by atoms with Gasteiger partial charge in [0, 0.05) is 21.8 Å². The van der Waals surface area contributed by atoms with Crippen molar-refractivity contribution in [3.05, 3.63) is 44.9 Å². The molecule has 0 saturated heterocycles. The number of aryl methyl sites for hydroxylation is 1. The number of carboxylic acids is 1. The second kappa shape index (κ2) is 6.33. The van der Waals surface area contributed by atoms with E-state index in [1.807, 2.05) is 0 Å². The van der Waals surface area contributed by atoms with Gasteiger partial charge < -0.3 is 10.4 Å². The maximum atomic E-state index is 11.0. The van der Waals surface area contributed by atoms with Crippen LogP contribution in [0.1, 0.15) is 12.0 Å². The van der Waals surface area contributed by atoms with Gasteiger partial charge in [0.2, 0.25) is 0 Å². The Morgan fingerprint density at radius 1 is 1.68 bits per heavy atom. The van der Waals surface area contributed by atoms with Crippen molar-refractivity contribution in [3.63, 3.8) is 0 Å². The maximum absolute atomic E-state index is 11.0. The summed E-state index contributed by atoms with van der Waals surface area (Å²) in [5, 5.41) is 22.6. The summed E-state index contributed by atoms with van der Waals surface area (Å²) < 4.78 is 0.445. The quantitative estimate of drug-likeness (QED) is 0.475. The Labute approximate surface area is 118 Å². The van der Waals surface area contributed by atoms with Crippen molar-refractivity contribution in [2.45, 2.75) is 19.4 Å². The molecule has 1 rings (SSSR count). The van der Waals surface area contributed by atoms with E-state index >= 15 is 0 Å². The van der Waals surface area contributed by atoms with Crippen LogP contribution in [0.4, 0.5) is 11.4 Å². The summed E-state index contributed by atoms with van der Waals surface area (Å²) in [5.41, 5.74) is 0.934. The zero-order valence-corrected chi connectivity index (χ0v) is 11.8. The molecule has 0 bridgehead atoms. The summed E-state index contributed by atoms with van der Waals surface area (Å²) in [5.74, 6) is -1.01. The fourth-order valence-electron chi connectivity index (χ4n) is 1.55. The van der Waals surface area contributed by atoms with Crippen molar-refractivity contribution < 1.29 is 14.8 Å². The van der Waals surface area contributed by atoms with Gasteiger partial charge in [0.15, 0.2) is 0 Å². The molecule has 0 amide bonds. The van der Waals surface area contributed by atoms with E-state index in [-0.39, 0.29) is 12.1 Å². The normalized spacial score (nSPS) is 11.7. The zero-order chi connectivity index (χ0) is 14.6. The first kappa shape index (κ1) is 15.2. The van der Waals surface area contributed by atoms with Gasteiger partial charge in [-0.3, -0.25) is 10.1 Å². The van der Waals surface area contributed by atoms with E-state index in [1.54, 1.807) is 13.0 Å². The Bertz CT molecular complexity index is 531. The topological polar surface area (TPSA) is 92.5 Å². The molecule has 6 nitrogen and oxygen atoms in total. The molecule has 0 aliphatic heterocycles. The first-order valence-electron chi connectivity index (χ1n) is 5.41. The minimum absolute atomic E-state index is 0.0204. The van der Waals surface area contributed by atoms with Crippen molar-refractivity contribution in [1.82, 2.24) is 0 Å². The third-order valence-corrected chi connectivity index (χ3v) is 3.17. The summed E-state index contributed by atoms with van der Waals surface area (Å²) in [4.78, 5) is 21.3. The van der Waals surface area contributed by atoms with E-state index in [1.165, 1.54) is 12.1 Å². The second-order valence-corrected chi connectivity index (χ2v) is 4.79. The number of hydrogen-bond acceptors (Lipinski definition) is 4. The Morgan fingerprint density at radius 3 is 2.79 bits per heavy atom. The van der Waals surface area contributed by atoms with Crippen molar-refractivity contribution in [3.8, 4) is 0 Å². The number of carboxylic acid groups (broad SMARTS) is 1. The smallest absolute Gasteiger partial charge is 0.326 e. The molecule has 0 radical (unpaired) electrons. The molecule has 0 heterocycles. The molecule has 19 heavy (non-hydrogen) atoms. The number of nitro groups is 1. The third kappa shape index (κ3) is 3.78. The maximum Gasteiger partial charge on any atom is 0.326 e. The Hall–Kier alpha value is -1.89. The number of aliphatic carboxylic acids is 1. The molecule has 2 N–H and O–H groups in total. The van der Waals surface area contributed by atoms with Crippen LogP contribution < -0.4 is 5.32 Å². The standard InChI is InChI=1S/C12H13BrN2O4/c1-3-4-9(12(16)17)14-10-5-7(2)11(15(18)19)6-8(10)13/h3,5-6,9,14H,1,4H2,2H3,(H,16,17). The van der Waals surface area contributed by atoms with Gasteiger partial charge in [0.1, 0.15) is 6.04 Å². The fourth-order valence-corrected chi connectivity index (χ4v) is 2.00. The van der Waals surface area contributed by atoms with Crippen molar-refractivity contribution >= 4 is 33.3 Å². The van der Waals surface area contributed by atoms with Crippen molar-refractivity contribution in [2.75, 3.05) is 5.32 Å². The number of nitrogens with zero attached hydrogens (tertiary/aromatic N) is 1. The Morgan fingerprint density at radius 2 is 2.32 bits per heavy atom. The number of rotatable bonds is 6.